The number of aryl methyl sites for hydroxylation is 1. The lowest BCUT2D eigenvalue weighted by molar-refractivity contribution is 0.0942. The summed E-state index contributed by atoms with van der Waals surface area (Å²) in [7, 11) is 0. The number of amides is 1. The van der Waals surface area contributed by atoms with Gasteiger partial charge in [0.2, 0.25) is 5.75 Å². The summed E-state index contributed by atoms with van der Waals surface area (Å²) >= 11 is 0. The van der Waals surface area contributed by atoms with E-state index in [0.717, 1.165) is 22.3 Å². The first-order valence-electron chi connectivity index (χ1n) is 9.84. The van der Waals surface area contributed by atoms with Crippen molar-refractivity contribution in [1.29, 1.82) is 0 Å². The van der Waals surface area contributed by atoms with E-state index in [-0.39, 0.29) is 18.1 Å². The van der Waals surface area contributed by atoms with Gasteiger partial charge in [0.05, 0.1) is 0 Å². The molecular formula is C25H21N3O3. The summed E-state index contributed by atoms with van der Waals surface area (Å²) in [6.45, 7) is 2.18. The van der Waals surface area contributed by atoms with Crippen molar-refractivity contribution in [3.8, 4) is 28.3 Å². The third-order valence-corrected chi connectivity index (χ3v) is 4.92. The zero-order chi connectivity index (χ0) is 21.8. The molecule has 0 aliphatic rings. The summed E-state index contributed by atoms with van der Waals surface area (Å²) in [6.07, 6.45) is 0. The summed E-state index contributed by atoms with van der Waals surface area (Å²) in [5.41, 5.74) is 3.63. The van der Waals surface area contributed by atoms with E-state index in [9.17, 15) is 14.7 Å². The molecular weight excluding hydrogens is 390 g/mol. The van der Waals surface area contributed by atoms with Gasteiger partial charge in [-0.05, 0) is 29.7 Å². The third-order valence-electron chi connectivity index (χ3n) is 4.92. The van der Waals surface area contributed by atoms with Crippen molar-refractivity contribution in [2.45, 2.75) is 13.5 Å². The fourth-order valence-electron chi connectivity index (χ4n) is 3.23. The van der Waals surface area contributed by atoms with Crippen LogP contribution in [0.5, 0.6) is 5.75 Å². The minimum atomic E-state index is -0.762. The van der Waals surface area contributed by atoms with Crippen LogP contribution in [0, 0.1) is 6.92 Å². The molecule has 0 aliphatic heterocycles. The highest BCUT2D eigenvalue weighted by molar-refractivity contribution is 5.95. The molecule has 0 atom stereocenters. The Morgan fingerprint density at radius 2 is 1.65 bits per heavy atom. The average molecular weight is 411 g/mol. The monoisotopic (exact) mass is 411 g/mol. The number of carbonyl (C=O) groups is 1. The molecule has 3 aromatic carbocycles. The molecule has 0 saturated heterocycles. The Kier molecular flexibility index (Phi) is 5.62. The Morgan fingerprint density at radius 3 is 2.39 bits per heavy atom. The molecule has 0 spiro atoms. The minimum Gasteiger partial charge on any atom is -0.501 e. The molecule has 154 valence electrons. The molecule has 31 heavy (non-hydrogen) atoms. The molecule has 1 heterocycles. The lowest BCUT2D eigenvalue weighted by Crippen LogP contribution is -2.26. The SMILES string of the molecule is Cc1ccc(-c2nc(C(=O)NCc3cccc(-c4ccccc4)c3)c(O)c(=O)[nH]2)cc1. The summed E-state index contributed by atoms with van der Waals surface area (Å²) in [4.78, 5) is 31.6. The van der Waals surface area contributed by atoms with Crippen molar-refractivity contribution < 1.29 is 9.90 Å². The Labute approximate surface area is 179 Å². The van der Waals surface area contributed by atoms with Crippen molar-refractivity contribution in [2.75, 3.05) is 0 Å². The first-order valence-corrected chi connectivity index (χ1v) is 9.84. The second kappa shape index (κ2) is 8.67. The fourth-order valence-corrected chi connectivity index (χ4v) is 3.23. The number of H-pyrrole nitrogens is 1. The zero-order valence-corrected chi connectivity index (χ0v) is 16.9. The number of nitrogens with zero attached hydrogens (tertiary/aromatic N) is 1. The highest BCUT2D eigenvalue weighted by Gasteiger charge is 2.18. The van der Waals surface area contributed by atoms with E-state index < -0.39 is 17.2 Å². The third kappa shape index (κ3) is 4.53. The Bertz CT molecular complexity index is 1280. The van der Waals surface area contributed by atoms with Gasteiger partial charge in [-0.1, -0.05) is 78.4 Å². The number of hydrogen-bond donors (Lipinski definition) is 3. The number of nitrogens with one attached hydrogen (secondary N) is 2. The molecule has 1 aromatic heterocycles. The van der Waals surface area contributed by atoms with E-state index in [1.54, 1.807) is 12.1 Å². The Hall–Kier alpha value is -4.19. The molecule has 4 rings (SSSR count). The lowest BCUT2D eigenvalue weighted by atomic mass is 10.0. The van der Waals surface area contributed by atoms with Gasteiger partial charge < -0.3 is 15.4 Å². The van der Waals surface area contributed by atoms with Crippen LogP contribution in [0.3, 0.4) is 0 Å². The predicted molar refractivity (Wildman–Crippen MR) is 120 cm³/mol. The van der Waals surface area contributed by atoms with Gasteiger partial charge in [0.25, 0.3) is 11.5 Å². The van der Waals surface area contributed by atoms with E-state index in [4.69, 9.17) is 0 Å². The van der Waals surface area contributed by atoms with Gasteiger partial charge >= 0.3 is 0 Å². The second-order valence-electron chi connectivity index (χ2n) is 7.23. The van der Waals surface area contributed by atoms with E-state index in [0.29, 0.717) is 5.56 Å². The Balaban J connectivity index is 1.55. The van der Waals surface area contributed by atoms with Crippen molar-refractivity contribution in [2.24, 2.45) is 0 Å². The van der Waals surface area contributed by atoms with Crippen molar-refractivity contribution >= 4 is 5.91 Å². The number of aromatic hydroxyl groups is 1. The lowest BCUT2D eigenvalue weighted by Gasteiger charge is -2.09. The maximum Gasteiger partial charge on any atom is 0.294 e. The van der Waals surface area contributed by atoms with Gasteiger partial charge in [0.1, 0.15) is 5.82 Å². The standard InChI is InChI=1S/C25H21N3O3/c1-16-10-12-19(13-11-16)23-27-21(22(29)25(31)28-23)24(30)26-15-17-6-5-9-20(14-17)18-7-3-2-4-8-18/h2-14,29H,15H2,1H3,(H,26,30)(H,27,28,31). The number of benzene rings is 3. The largest absolute Gasteiger partial charge is 0.501 e. The predicted octanol–water partition coefficient (Wildman–Crippen LogP) is 4.05. The van der Waals surface area contributed by atoms with Gasteiger partial charge in [0, 0.05) is 12.1 Å². The first-order chi connectivity index (χ1) is 15.0. The minimum absolute atomic E-state index is 0.221. The van der Waals surface area contributed by atoms with Crippen LogP contribution in [0.4, 0.5) is 0 Å². The molecule has 6 nitrogen and oxygen atoms in total. The molecule has 6 heteroatoms. The number of carbonyl (C=O) groups excluding carboxylic acids is 1. The van der Waals surface area contributed by atoms with E-state index in [1.807, 2.05) is 73.7 Å². The summed E-state index contributed by atoms with van der Waals surface area (Å²) in [6, 6.07) is 25.1. The average Bonchev–Trinajstić information content (AvgIpc) is 2.80. The van der Waals surface area contributed by atoms with Gasteiger partial charge in [-0.3, -0.25) is 9.59 Å². The smallest absolute Gasteiger partial charge is 0.294 e. The summed E-state index contributed by atoms with van der Waals surface area (Å²) < 4.78 is 0. The molecule has 0 unspecified atom stereocenters. The maximum atomic E-state index is 12.7. The van der Waals surface area contributed by atoms with Crippen molar-refractivity contribution in [3.05, 3.63) is 106 Å². The highest BCUT2D eigenvalue weighted by Crippen LogP contribution is 2.21. The zero-order valence-electron chi connectivity index (χ0n) is 16.9. The van der Waals surface area contributed by atoms with Crippen LogP contribution in [0.2, 0.25) is 0 Å². The van der Waals surface area contributed by atoms with Crippen LogP contribution in [0.1, 0.15) is 21.6 Å². The van der Waals surface area contributed by atoms with E-state index in [1.165, 1.54) is 0 Å². The van der Waals surface area contributed by atoms with E-state index >= 15 is 0 Å². The molecule has 3 N–H and O–H groups in total. The molecule has 0 radical (unpaired) electrons. The van der Waals surface area contributed by atoms with E-state index in [2.05, 4.69) is 15.3 Å². The summed E-state index contributed by atoms with van der Waals surface area (Å²) in [5, 5.41) is 12.8. The molecule has 0 fully saturated rings. The van der Waals surface area contributed by atoms with Crippen LogP contribution in [-0.4, -0.2) is 21.0 Å². The van der Waals surface area contributed by atoms with Crippen LogP contribution in [0.15, 0.2) is 83.7 Å². The first kappa shape index (κ1) is 20.1. The molecule has 0 aliphatic carbocycles. The number of aromatic amines is 1. The van der Waals surface area contributed by atoms with Crippen LogP contribution in [-0.2, 0) is 6.54 Å². The highest BCUT2D eigenvalue weighted by atomic mass is 16.3. The Morgan fingerprint density at radius 1 is 0.935 bits per heavy atom. The molecule has 1 amide bonds. The quantitative estimate of drug-likeness (QED) is 0.462. The van der Waals surface area contributed by atoms with Gasteiger partial charge in [-0.2, -0.15) is 0 Å². The van der Waals surface area contributed by atoms with Gasteiger partial charge in [0.15, 0.2) is 5.69 Å². The van der Waals surface area contributed by atoms with Crippen LogP contribution in [0.25, 0.3) is 22.5 Å². The normalized spacial score (nSPS) is 10.6. The van der Waals surface area contributed by atoms with Gasteiger partial charge in [-0.25, -0.2) is 4.98 Å². The number of aromatic nitrogens is 2. The molecule has 0 bridgehead atoms. The van der Waals surface area contributed by atoms with Crippen LogP contribution >= 0.6 is 0 Å². The van der Waals surface area contributed by atoms with Gasteiger partial charge in [-0.15, -0.1) is 0 Å². The number of rotatable bonds is 5. The maximum absolute atomic E-state index is 12.7. The number of hydrogen-bond acceptors (Lipinski definition) is 4. The molecule has 0 saturated carbocycles. The fraction of sp³-hybridized carbons (Fsp3) is 0.0800. The van der Waals surface area contributed by atoms with Crippen molar-refractivity contribution in [1.82, 2.24) is 15.3 Å². The van der Waals surface area contributed by atoms with Crippen LogP contribution < -0.4 is 10.9 Å². The molecule has 4 aromatic rings. The summed E-state index contributed by atoms with van der Waals surface area (Å²) in [5.74, 6) is -1.10. The topological polar surface area (TPSA) is 95.1 Å². The van der Waals surface area contributed by atoms with Crippen molar-refractivity contribution in [3.63, 3.8) is 0 Å². The second-order valence-corrected chi connectivity index (χ2v) is 7.23.